The van der Waals surface area contributed by atoms with Gasteiger partial charge in [-0.15, -0.1) is 0 Å². The lowest BCUT2D eigenvalue weighted by Crippen LogP contribution is -2.25. The Hall–Kier alpha value is -1.65. The summed E-state index contributed by atoms with van der Waals surface area (Å²) >= 11 is 0. The molecule has 0 fully saturated rings. The van der Waals surface area contributed by atoms with Crippen molar-refractivity contribution in [3.8, 4) is 0 Å². The number of amidine groups is 1. The quantitative estimate of drug-likeness (QED) is 0.447. The van der Waals surface area contributed by atoms with Gasteiger partial charge in [0.1, 0.15) is 5.84 Å². The molecule has 0 atom stereocenters. The molecule has 1 rings (SSSR count). The van der Waals surface area contributed by atoms with Gasteiger partial charge in [0.05, 0.1) is 11.3 Å². The van der Waals surface area contributed by atoms with E-state index < -0.39 is 5.56 Å². The first-order chi connectivity index (χ1) is 6.02. The third kappa shape index (κ3) is 1.93. The van der Waals surface area contributed by atoms with Gasteiger partial charge in [-0.2, -0.15) is 5.10 Å². The van der Waals surface area contributed by atoms with Gasteiger partial charge >= 0.3 is 0 Å². The van der Waals surface area contributed by atoms with Crippen molar-refractivity contribution in [3.63, 3.8) is 0 Å². The van der Waals surface area contributed by atoms with Crippen LogP contribution in [0.25, 0.3) is 0 Å². The molecule has 0 aliphatic heterocycles. The molecule has 0 unspecified atom stereocenters. The first-order valence-electron chi connectivity index (χ1n) is 3.96. The van der Waals surface area contributed by atoms with Gasteiger partial charge < -0.3 is 5.73 Å². The zero-order valence-electron chi connectivity index (χ0n) is 7.59. The van der Waals surface area contributed by atoms with Gasteiger partial charge in [-0.25, -0.2) is 5.10 Å². The van der Waals surface area contributed by atoms with Crippen molar-refractivity contribution in [1.29, 1.82) is 5.41 Å². The number of aromatic nitrogens is 2. The van der Waals surface area contributed by atoms with E-state index in [2.05, 4.69) is 10.2 Å². The van der Waals surface area contributed by atoms with Crippen molar-refractivity contribution >= 4 is 5.84 Å². The van der Waals surface area contributed by atoms with E-state index >= 15 is 0 Å². The minimum absolute atomic E-state index is 0.179. The molecule has 0 aliphatic carbocycles. The highest BCUT2D eigenvalue weighted by Gasteiger charge is 2.07. The van der Waals surface area contributed by atoms with E-state index in [4.69, 9.17) is 11.1 Å². The molecule has 4 N–H and O–H groups in total. The lowest BCUT2D eigenvalue weighted by atomic mass is 10.1. The molecule has 0 aromatic carbocycles. The Kier molecular flexibility index (Phi) is 2.46. The molecule has 0 bridgehead atoms. The van der Waals surface area contributed by atoms with Gasteiger partial charge in [-0.1, -0.05) is 13.8 Å². The highest BCUT2D eigenvalue weighted by molar-refractivity contribution is 5.94. The number of rotatable bonds is 2. The van der Waals surface area contributed by atoms with E-state index in [-0.39, 0.29) is 17.3 Å². The second-order valence-electron chi connectivity index (χ2n) is 3.10. The standard InChI is InChI=1S/C8H12N4O/c1-4(2)6-3-5(7(9)10)8(13)12-11-6/h3-4H,1-2H3,(H3,9,10)(H,12,13). The van der Waals surface area contributed by atoms with Crippen molar-refractivity contribution in [2.45, 2.75) is 19.8 Å². The smallest absolute Gasteiger partial charge is 0.275 e. The molecule has 70 valence electrons. The third-order valence-electron chi connectivity index (χ3n) is 1.71. The largest absolute Gasteiger partial charge is 0.384 e. The maximum atomic E-state index is 11.1. The summed E-state index contributed by atoms with van der Waals surface area (Å²) in [6.45, 7) is 3.90. The Morgan fingerprint density at radius 2 is 2.31 bits per heavy atom. The summed E-state index contributed by atoms with van der Waals surface area (Å²) < 4.78 is 0. The van der Waals surface area contributed by atoms with Crippen LogP contribution in [0.15, 0.2) is 10.9 Å². The Bertz CT molecular complexity index is 380. The zero-order chi connectivity index (χ0) is 10.0. The number of nitrogen functional groups attached to an aromatic ring is 1. The number of nitrogens with zero attached hydrogens (tertiary/aromatic N) is 1. The molecule has 0 saturated heterocycles. The highest BCUT2D eigenvalue weighted by atomic mass is 16.1. The Morgan fingerprint density at radius 1 is 1.69 bits per heavy atom. The minimum Gasteiger partial charge on any atom is -0.384 e. The minimum atomic E-state index is -0.420. The summed E-state index contributed by atoms with van der Waals surface area (Å²) in [4.78, 5) is 11.1. The van der Waals surface area contributed by atoms with Crippen LogP contribution in [0.5, 0.6) is 0 Å². The number of nitrogens with two attached hydrogens (primary N) is 1. The van der Waals surface area contributed by atoms with Gasteiger partial charge in [0.25, 0.3) is 5.56 Å². The second kappa shape index (κ2) is 3.38. The molecule has 0 amide bonds. The molecule has 13 heavy (non-hydrogen) atoms. The molecular formula is C8H12N4O. The normalized spacial score (nSPS) is 10.4. The van der Waals surface area contributed by atoms with Crippen LogP contribution >= 0.6 is 0 Å². The van der Waals surface area contributed by atoms with Gasteiger partial charge in [0, 0.05) is 0 Å². The molecule has 1 aromatic rings. The fourth-order valence-electron chi connectivity index (χ4n) is 0.917. The Labute approximate surface area is 75.5 Å². The fraction of sp³-hybridized carbons (Fsp3) is 0.375. The lowest BCUT2D eigenvalue weighted by molar-refractivity contribution is 0.775. The van der Waals surface area contributed by atoms with Crippen LogP contribution in [0.1, 0.15) is 31.0 Å². The Balaban J connectivity index is 3.27. The average molecular weight is 180 g/mol. The van der Waals surface area contributed by atoms with E-state index in [0.717, 1.165) is 5.69 Å². The predicted octanol–water partition coefficient (Wildman–Crippen LogP) is 0.177. The fourth-order valence-corrected chi connectivity index (χ4v) is 0.917. The monoisotopic (exact) mass is 180 g/mol. The van der Waals surface area contributed by atoms with Crippen LogP contribution in [-0.4, -0.2) is 16.0 Å². The number of aromatic amines is 1. The van der Waals surface area contributed by atoms with Crippen LogP contribution < -0.4 is 11.3 Å². The number of hydrogen-bond acceptors (Lipinski definition) is 3. The molecule has 0 spiro atoms. The van der Waals surface area contributed by atoms with Gasteiger partial charge in [-0.3, -0.25) is 10.2 Å². The van der Waals surface area contributed by atoms with Crippen LogP contribution in [0, 0.1) is 5.41 Å². The maximum absolute atomic E-state index is 11.1. The summed E-state index contributed by atoms with van der Waals surface area (Å²) in [7, 11) is 0. The molecule has 1 aromatic heterocycles. The number of nitrogens with one attached hydrogen (secondary N) is 2. The number of H-pyrrole nitrogens is 1. The van der Waals surface area contributed by atoms with E-state index in [0.29, 0.717) is 0 Å². The second-order valence-corrected chi connectivity index (χ2v) is 3.10. The van der Waals surface area contributed by atoms with Gasteiger partial charge in [-0.05, 0) is 12.0 Å². The summed E-state index contributed by atoms with van der Waals surface area (Å²) in [5, 5.41) is 13.3. The third-order valence-corrected chi connectivity index (χ3v) is 1.71. The van der Waals surface area contributed by atoms with Crippen molar-refractivity contribution in [2.75, 3.05) is 0 Å². The maximum Gasteiger partial charge on any atom is 0.275 e. The van der Waals surface area contributed by atoms with Crippen molar-refractivity contribution in [1.82, 2.24) is 10.2 Å². The van der Waals surface area contributed by atoms with Crippen LogP contribution in [0.4, 0.5) is 0 Å². The number of hydrogen-bond donors (Lipinski definition) is 3. The predicted molar refractivity (Wildman–Crippen MR) is 50.0 cm³/mol. The first-order valence-corrected chi connectivity index (χ1v) is 3.96. The molecular weight excluding hydrogens is 168 g/mol. The van der Waals surface area contributed by atoms with Crippen molar-refractivity contribution in [3.05, 3.63) is 27.7 Å². The molecule has 0 saturated carbocycles. The van der Waals surface area contributed by atoms with E-state index in [1.54, 1.807) is 6.07 Å². The van der Waals surface area contributed by atoms with E-state index in [1.807, 2.05) is 13.8 Å². The first kappa shape index (κ1) is 9.44. The molecule has 0 radical (unpaired) electrons. The van der Waals surface area contributed by atoms with Crippen molar-refractivity contribution < 1.29 is 0 Å². The Morgan fingerprint density at radius 3 is 2.77 bits per heavy atom. The highest BCUT2D eigenvalue weighted by Crippen LogP contribution is 2.08. The van der Waals surface area contributed by atoms with Crippen LogP contribution in [0.2, 0.25) is 0 Å². The topological polar surface area (TPSA) is 95.6 Å². The van der Waals surface area contributed by atoms with Gasteiger partial charge in [0.15, 0.2) is 0 Å². The van der Waals surface area contributed by atoms with E-state index in [9.17, 15) is 4.79 Å². The van der Waals surface area contributed by atoms with Crippen molar-refractivity contribution in [2.24, 2.45) is 5.73 Å². The summed E-state index contributed by atoms with van der Waals surface area (Å²) in [6.07, 6.45) is 0. The SMILES string of the molecule is CC(C)c1cc(C(=N)N)c(=O)[nH]n1. The molecule has 1 heterocycles. The summed E-state index contributed by atoms with van der Waals surface area (Å²) in [5.74, 6) is -0.0273. The molecule has 0 aliphatic rings. The molecule has 5 heteroatoms. The summed E-state index contributed by atoms with van der Waals surface area (Å²) in [6, 6.07) is 1.55. The van der Waals surface area contributed by atoms with Crippen LogP contribution in [-0.2, 0) is 0 Å². The van der Waals surface area contributed by atoms with Crippen LogP contribution in [0.3, 0.4) is 0 Å². The lowest BCUT2D eigenvalue weighted by Gasteiger charge is -2.04. The average Bonchev–Trinajstić information content (AvgIpc) is 2.04. The van der Waals surface area contributed by atoms with E-state index in [1.165, 1.54) is 0 Å². The van der Waals surface area contributed by atoms with Gasteiger partial charge in [0.2, 0.25) is 0 Å². The summed E-state index contributed by atoms with van der Waals surface area (Å²) in [5.41, 5.74) is 5.71. The zero-order valence-corrected chi connectivity index (χ0v) is 7.59. The molecule has 5 nitrogen and oxygen atoms in total.